The van der Waals surface area contributed by atoms with Gasteiger partial charge in [-0.05, 0) is 67.3 Å². The minimum absolute atomic E-state index is 0.141. The molecule has 0 spiro atoms. The van der Waals surface area contributed by atoms with Crippen LogP contribution in [0.2, 0.25) is 5.02 Å². The molecule has 0 radical (unpaired) electrons. The van der Waals surface area contributed by atoms with Crippen molar-refractivity contribution in [3.8, 4) is 5.69 Å². The van der Waals surface area contributed by atoms with Gasteiger partial charge in [-0.25, -0.2) is 4.68 Å². The summed E-state index contributed by atoms with van der Waals surface area (Å²) < 4.78 is 46.4. The van der Waals surface area contributed by atoms with Gasteiger partial charge in [0.2, 0.25) is 5.91 Å². The number of benzene rings is 2. The fraction of sp³-hybridized carbons (Fsp3) is 0.379. The maximum atomic E-state index is 13.6. The second-order valence-corrected chi connectivity index (χ2v) is 10.4. The molecule has 8 nitrogen and oxygen atoms in total. The number of hydrogen-bond acceptors (Lipinski definition) is 5. The number of halogens is 4. The van der Waals surface area contributed by atoms with Crippen molar-refractivity contribution in [2.75, 3.05) is 19.0 Å². The van der Waals surface area contributed by atoms with Crippen LogP contribution in [0.3, 0.4) is 0 Å². The van der Waals surface area contributed by atoms with Crippen LogP contribution in [0.1, 0.15) is 66.1 Å². The van der Waals surface area contributed by atoms with E-state index >= 15 is 0 Å². The highest BCUT2D eigenvalue weighted by Crippen LogP contribution is 2.37. The Labute approximate surface area is 240 Å². The Kier molecular flexibility index (Phi) is 9.69. The molecule has 218 valence electrons. The van der Waals surface area contributed by atoms with Crippen molar-refractivity contribution in [2.45, 2.75) is 50.6 Å². The van der Waals surface area contributed by atoms with Crippen molar-refractivity contribution in [1.29, 1.82) is 0 Å². The number of carbonyl (C=O) groups is 3. The molecule has 0 bridgehead atoms. The number of carbonyl (C=O) groups excluding carboxylic acids is 3. The normalized spacial score (nSPS) is 17.1. The van der Waals surface area contributed by atoms with Gasteiger partial charge in [0.25, 0.3) is 5.91 Å². The molecule has 12 heteroatoms. The number of rotatable bonds is 9. The van der Waals surface area contributed by atoms with E-state index < -0.39 is 29.2 Å². The first-order valence-corrected chi connectivity index (χ1v) is 13.6. The predicted octanol–water partition coefficient (Wildman–Crippen LogP) is 6.14. The van der Waals surface area contributed by atoms with Crippen LogP contribution < -0.4 is 10.6 Å². The Morgan fingerprint density at radius 2 is 1.73 bits per heavy atom. The molecule has 2 aromatic carbocycles. The fourth-order valence-corrected chi connectivity index (χ4v) is 5.20. The molecule has 1 fully saturated rings. The van der Waals surface area contributed by atoms with Gasteiger partial charge >= 0.3 is 12.1 Å². The van der Waals surface area contributed by atoms with Crippen LogP contribution in [0.5, 0.6) is 0 Å². The summed E-state index contributed by atoms with van der Waals surface area (Å²) in [6.07, 6.45) is 0.255. The number of methoxy groups -OCH3 is 1. The van der Waals surface area contributed by atoms with E-state index in [0.717, 1.165) is 42.1 Å². The third-order valence-corrected chi connectivity index (χ3v) is 7.48. The number of amides is 2. The van der Waals surface area contributed by atoms with E-state index in [4.69, 9.17) is 16.3 Å². The van der Waals surface area contributed by atoms with Crippen molar-refractivity contribution >= 4 is 35.1 Å². The van der Waals surface area contributed by atoms with Gasteiger partial charge in [-0.3, -0.25) is 14.4 Å². The SMILES string of the molecule is COC(=O)CC1CCC(c2ccc(NC(=O)CCNC(=O)c3cn(-c4ccccc4Cl)nc3C(F)(F)F)cc2)CC1. The van der Waals surface area contributed by atoms with E-state index in [1.54, 1.807) is 24.3 Å². The fourth-order valence-electron chi connectivity index (χ4n) is 4.98. The van der Waals surface area contributed by atoms with E-state index in [1.807, 2.05) is 12.1 Å². The Balaban J connectivity index is 1.28. The summed E-state index contributed by atoms with van der Waals surface area (Å²) >= 11 is 6.07. The second kappa shape index (κ2) is 13.2. The van der Waals surface area contributed by atoms with Gasteiger partial charge in [0, 0.05) is 31.3 Å². The molecule has 1 heterocycles. The summed E-state index contributed by atoms with van der Waals surface area (Å²) in [7, 11) is 1.40. The summed E-state index contributed by atoms with van der Waals surface area (Å²) in [5.41, 5.74) is -0.103. The summed E-state index contributed by atoms with van der Waals surface area (Å²) in [5, 5.41) is 8.81. The van der Waals surface area contributed by atoms with Gasteiger partial charge in [0.15, 0.2) is 5.69 Å². The number of ether oxygens (including phenoxy) is 1. The maximum absolute atomic E-state index is 13.6. The maximum Gasteiger partial charge on any atom is 0.435 e. The number of nitrogens with zero attached hydrogens (tertiary/aromatic N) is 2. The van der Waals surface area contributed by atoms with Gasteiger partial charge < -0.3 is 15.4 Å². The Bertz CT molecular complexity index is 1380. The Morgan fingerprint density at radius 1 is 1.05 bits per heavy atom. The molecule has 1 aliphatic carbocycles. The lowest BCUT2D eigenvalue weighted by Gasteiger charge is -2.28. The summed E-state index contributed by atoms with van der Waals surface area (Å²) in [6, 6.07) is 13.7. The molecule has 1 saturated carbocycles. The highest BCUT2D eigenvalue weighted by atomic mass is 35.5. The molecular weight excluding hydrogens is 561 g/mol. The average Bonchev–Trinajstić information content (AvgIpc) is 3.40. The number of nitrogens with one attached hydrogen (secondary N) is 2. The van der Waals surface area contributed by atoms with Crippen LogP contribution in [0.4, 0.5) is 18.9 Å². The third-order valence-electron chi connectivity index (χ3n) is 7.16. The van der Waals surface area contributed by atoms with Gasteiger partial charge in [-0.2, -0.15) is 18.3 Å². The minimum atomic E-state index is -4.87. The monoisotopic (exact) mass is 590 g/mol. The van der Waals surface area contributed by atoms with Crippen LogP contribution in [0.15, 0.2) is 54.7 Å². The standard InChI is InChI=1S/C29H30ClF3N4O4/c1-41-26(39)16-18-6-8-19(9-7-18)20-10-12-21(13-11-20)35-25(38)14-15-34-28(40)22-17-37(36-27(22)29(31,32)33)24-5-3-2-4-23(24)30/h2-5,10-13,17-19H,6-9,14-16H2,1H3,(H,34,40)(H,35,38). The number of alkyl halides is 3. The second-order valence-electron chi connectivity index (χ2n) is 9.96. The zero-order valence-corrected chi connectivity index (χ0v) is 23.1. The number of hydrogen-bond donors (Lipinski definition) is 2. The molecule has 2 N–H and O–H groups in total. The molecule has 0 aliphatic heterocycles. The van der Waals surface area contributed by atoms with Crippen LogP contribution in [-0.2, 0) is 20.5 Å². The van der Waals surface area contributed by atoms with Crippen LogP contribution in [0.25, 0.3) is 5.69 Å². The van der Waals surface area contributed by atoms with Crippen molar-refractivity contribution in [1.82, 2.24) is 15.1 Å². The zero-order chi connectivity index (χ0) is 29.6. The third kappa shape index (κ3) is 7.87. The predicted molar refractivity (Wildman–Crippen MR) is 147 cm³/mol. The van der Waals surface area contributed by atoms with Crippen LogP contribution in [0, 0.1) is 5.92 Å². The van der Waals surface area contributed by atoms with E-state index in [0.29, 0.717) is 23.9 Å². The van der Waals surface area contributed by atoms with E-state index in [-0.39, 0.29) is 29.6 Å². The topological polar surface area (TPSA) is 102 Å². The van der Waals surface area contributed by atoms with Crippen molar-refractivity contribution in [3.63, 3.8) is 0 Å². The first kappa shape index (κ1) is 30.1. The molecule has 4 rings (SSSR count). The van der Waals surface area contributed by atoms with Gasteiger partial charge in [0.1, 0.15) is 0 Å². The van der Waals surface area contributed by atoms with Crippen LogP contribution >= 0.6 is 11.6 Å². The molecule has 0 saturated heterocycles. The number of anilines is 1. The quantitative estimate of drug-likeness (QED) is 0.292. The van der Waals surface area contributed by atoms with Crippen LogP contribution in [-0.4, -0.2) is 41.2 Å². The highest BCUT2D eigenvalue weighted by Gasteiger charge is 2.39. The molecule has 41 heavy (non-hydrogen) atoms. The Morgan fingerprint density at radius 3 is 2.37 bits per heavy atom. The van der Waals surface area contributed by atoms with E-state index in [9.17, 15) is 27.6 Å². The van der Waals surface area contributed by atoms with Gasteiger partial charge in [-0.1, -0.05) is 35.9 Å². The molecular formula is C29H30ClF3N4O4. The molecule has 1 aromatic heterocycles. The molecule has 1 aliphatic rings. The van der Waals surface area contributed by atoms with Gasteiger partial charge in [-0.15, -0.1) is 0 Å². The number of para-hydroxylation sites is 1. The van der Waals surface area contributed by atoms with Gasteiger partial charge in [0.05, 0.1) is 23.4 Å². The van der Waals surface area contributed by atoms with Crippen molar-refractivity contribution < 1.29 is 32.3 Å². The lowest BCUT2D eigenvalue weighted by atomic mass is 9.77. The summed E-state index contributed by atoms with van der Waals surface area (Å²) in [6.45, 7) is -0.174. The first-order valence-electron chi connectivity index (χ1n) is 13.2. The zero-order valence-electron chi connectivity index (χ0n) is 22.3. The first-order chi connectivity index (χ1) is 19.5. The molecule has 0 atom stereocenters. The van der Waals surface area contributed by atoms with E-state index in [2.05, 4.69) is 15.7 Å². The number of aromatic nitrogens is 2. The lowest BCUT2D eigenvalue weighted by molar-refractivity contribution is -0.142. The summed E-state index contributed by atoms with van der Waals surface area (Å²) in [4.78, 5) is 36.5. The highest BCUT2D eigenvalue weighted by molar-refractivity contribution is 6.32. The molecule has 2 amide bonds. The molecule has 0 unspecified atom stereocenters. The number of esters is 1. The average molecular weight is 591 g/mol. The largest absolute Gasteiger partial charge is 0.469 e. The smallest absolute Gasteiger partial charge is 0.435 e. The lowest BCUT2D eigenvalue weighted by Crippen LogP contribution is -2.29. The van der Waals surface area contributed by atoms with Crippen molar-refractivity contribution in [2.24, 2.45) is 5.92 Å². The summed E-state index contributed by atoms with van der Waals surface area (Å²) in [5.74, 6) is -0.856. The minimum Gasteiger partial charge on any atom is -0.469 e. The van der Waals surface area contributed by atoms with Crippen molar-refractivity contribution in [3.05, 3.63) is 76.6 Å². The van der Waals surface area contributed by atoms with E-state index in [1.165, 1.54) is 19.2 Å². The Hall–Kier alpha value is -3.86. The molecule has 3 aromatic rings.